The predicted octanol–water partition coefficient (Wildman–Crippen LogP) is 3.77. The lowest BCUT2D eigenvalue weighted by Crippen LogP contribution is -2.16. The Bertz CT molecular complexity index is 530. The molecule has 0 radical (unpaired) electrons. The van der Waals surface area contributed by atoms with Crippen LogP contribution in [0.2, 0.25) is 0 Å². The average molecular weight is 331 g/mol. The molecule has 1 aromatic heterocycles. The molecular weight excluding hydrogens is 318 g/mol. The van der Waals surface area contributed by atoms with Crippen LogP contribution in [-0.2, 0) is 6.54 Å². The number of alkyl halides is 1. The second-order valence-corrected chi connectivity index (χ2v) is 5.60. The molecule has 6 heteroatoms. The van der Waals surface area contributed by atoms with Crippen LogP contribution in [0.1, 0.15) is 23.8 Å². The van der Waals surface area contributed by atoms with Gasteiger partial charge in [-0.3, -0.25) is 0 Å². The molecular formula is C12H13BrClN3O. The second kappa shape index (κ2) is 5.71. The minimum atomic E-state index is -0.273. The van der Waals surface area contributed by atoms with Crippen molar-refractivity contribution in [2.24, 2.45) is 0 Å². The maximum Gasteiger partial charge on any atom is 0.318 e. The molecule has 96 valence electrons. The first-order valence-corrected chi connectivity index (χ1v) is 6.72. The number of rotatable bonds is 4. The van der Waals surface area contributed by atoms with Gasteiger partial charge in [-0.05, 0) is 24.6 Å². The van der Waals surface area contributed by atoms with Gasteiger partial charge in [0.05, 0.1) is 0 Å². The van der Waals surface area contributed by atoms with E-state index in [1.807, 2.05) is 30.1 Å². The highest BCUT2D eigenvalue weighted by Crippen LogP contribution is 2.22. The minimum Gasteiger partial charge on any atom is -0.406 e. The molecule has 1 unspecified atom stereocenters. The first-order chi connectivity index (χ1) is 8.56. The number of aromatic nitrogens is 2. The molecule has 2 aromatic rings. The Morgan fingerprint density at radius 1 is 1.44 bits per heavy atom. The summed E-state index contributed by atoms with van der Waals surface area (Å²) < 4.78 is 6.52. The van der Waals surface area contributed by atoms with Crippen LogP contribution in [0.15, 0.2) is 33.2 Å². The molecule has 2 rings (SSSR count). The summed E-state index contributed by atoms with van der Waals surface area (Å²) >= 11 is 9.33. The maximum absolute atomic E-state index is 5.88. The number of hydrogen-bond acceptors (Lipinski definition) is 4. The number of hydrogen-bond donors (Lipinski definition) is 0. The molecule has 0 saturated carbocycles. The first kappa shape index (κ1) is 13.4. The Kier molecular flexibility index (Phi) is 4.24. The van der Waals surface area contributed by atoms with E-state index in [4.69, 9.17) is 16.0 Å². The van der Waals surface area contributed by atoms with Crippen LogP contribution < -0.4 is 4.90 Å². The lowest BCUT2D eigenvalue weighted by atomic mass is 10.2. The number of benzene rings is 1. The zero-order valence-electron chi connectivity index (χ0n) is 10.1. The summed E-state index contributed by atoms with van der Waals surface area (Å²) in [5, 5.41) is 7.59. The molecule has 0 aliphatic rings. The standard InChI is InChI=1S/C12H13BrClN3O/c1-8(14)11-15-16-12(18-11)17(2)7-9-4-3-5-10(13)6-9/h3-6,8H,7H2,1-2H3. The summed E-state index contributed by atoms with van der Waals surface area (Å²) in [4.78, 5) is 1.89. The fraction of sp³-hybridized carbons (Fsp3) is 0.333. The zero-order valence-corrected chi connectivity index (χ0v) is 12.4. The van der Waals surface area contributed by atoms with Crippen molar-refractivity contribution in [3.8, 4) is 0 Å². The third-order valence-corrected chi connectivity index (χ3v) is 3.09. The Morgan fingerprint density at radius 3 is 2.83 bits per heavy atom. The Hall–Kier alpha value is -1.07. The van der Waals surface area contributed by atoms with Gasteiger partial charge in [0.15, 0.2) is 0 Å². The van der Waals surface area contributed by atoms with E-state index >= 15 is 0 Å². The van der Waals surface area contributed by atoms with Gasteiger partial charge in [-0.1, -0.05) is 33.2 Å². The molecule has 0 aliphatic carbocycles. The Morgan fingerprint density at radius 2 is 2.22 bits per heavy atom. The SMILES string of the molecule is CC(Cl)c1nnc(N(C)Cc2cccc(Br)c2)o1. The highest BCUT2D eigenvalue weighted by molar-refractivity contribution is 9.10. The molecule has 0 bridgehead atoms. The molecule has 0 saturated heterocycles. The fourth-order valence-corrected chi connectivity index (χ4v) is 2.05. The van der Waals surface area contributed by atoms with Gasteiger partial charge in [0.2, 0.25) is 5.89 Å². The topological polar surface area (TPSA) is 42.2 Å². The van der Waals surface area contributed by atoms with E-state index in [1.165, 1.54) is 0 Å². The summed E-state index contributed by atoms with van der Waals surface area (Å²) in [5.41, 5.74) is 1.16. The summed E-state index contributed by atoms with van der Waals surface area (Å²) in [6.07, 6.45) is 0. The normalized spacial score (nSPS) is 12.4. The Balaban J connectivity index is 2.09. The van der Waals surface area contributed by atoms with Gasteiger partial charge in [0, 0.05) is 18.1 Å². The van der Waals surface area contributed by atoms with Crippen LogP contribution >= 0.6 is 27.5 Å². The van der Waals surface area contributed by atoms with Gasteiger partial charge in [-0.25, -0.2) is 0 Å². The van der Waals surface area contributed by atoms with Gasteiger partial charge in [0.25, 0.3) is 0 Å². The van der Waals surface area contributed by atoms with Crippen LogP contribution in [0.5, 0.6) is 0 Å². The zero-order chi connectivity index (χ0) is 13.1. The fourth-order valence-electron chi connectivity index (χ4n) is 1.52. The number of anilines is 1. The monoisotopic (exact) mass is 329 g/mol. The van der Waals surface area contributed by atoms with E-state index in [9.17, 15) is 0 Å². The van der Waals surface area contributed by atoms with Gasteiger partial charge < -0.3 is 9.32 Å². The van der Waals surface area contributed by atoms with Crippen LogP contribution in [-0.4, -0.2) is 17.2 Å². The van der Waals surface area contributed by atoms with E-state index in [1.54, 1.807) is 6.92 Å². The van der Waals surface area contributed by atoms with Crippen LogP contribution in [0.25, 0.3) is 0 Å². The first-order valence-electron chi connectivity index (χ1n) is 5.49. The van der Waals surface area contributed by atoms with E-state index in [0.29, 0.717) is 18.5 Å². The average Bonchev–Trinajstić information content (AvgIpc) is 2.78. The summed E-state index contributed by atoms with van der Waals surface area (Å²) in [6.45, 7) is 2.49. The lowest BCUT2D eigenvalue weighted by molar-refractivity contribution is 0.489. The van der Waals surface area contributed by atoms with Crippen molar-refractivity contribution >= 4 is 33.5 Å². The molecule has 4 nitrogen and oxygen atoms in total. The van der Waals surface area contributed by atoms with Crippen LogP contribution in [0, 0.1) is 0 Å². The molecule has 0 fully saturated rings. The van der Waals surface area contributed by atoms with E-state index in [-0.39, 0.29) is 5.38 Å². The number of nitrogens with zero attached hydrogens (tertiary/aromatic N) is 3. The van der Waals surface area contributed by atoms with Crippen molar-refractivity contribution in [3.05, 3.63) is 40.2 Å². The third kappa shape index (κ3) is 3.23. The van der Waals surface area contributed by atoms with Crippen molar-refractivity contribution in [2.75, 3.05) is 11.9 Å². The van der Waals surface area contributed by atoms with E-state index in [0.717, 1.165) is 10.0 Å². The van der Waals surface area contributed by atoms with Gasteiger partial charge in [-0.15, -0.1) is 16.7 Å². The molecule has 0 spiro atoms. The van der Waals surface area contributed by atoms with E-state index in [2.05, 4.69) is 32.2 Å². The number of halogens is 2. The highest BCUT2D eigenvalue weighted by Gasteiger charge is 2.14. The predicted molar refractivity (Wildman–Crippen MR) is 74.8 cm³/mol. The largest absolute Gasteiger partial charge is 0.406 e. The van der Waals surface area contributed by atoms with Gasteiger partial charge >= 0.3 is 6.01 Å². The summed E-state index contributed by atoms with van der Waals surface area (Å²) in [5.74, 6) is 0.438. The molecule has 0 amide bonds. The smallest absolute Gasteiger partial charge is 0.318 e. The molecule has 1 aromatic carbocycles. The second-order valence-electron chi connectivity index (χ2n) is 4.02. The van der Waals surface area contributed by atoms with Crippen LogP contribution in [0.4, 0.5) is 6.01 Å². The maximum atomic E-state index is 5.88. The molecule has 1 atom stereocenters. The Labute approximate surface area is 119 Å². The van der Waals surface area contributed by atoms with Crippen molar-refractivity contribution in [1.82, 2.24) is 10.2 Å². The molecule has 0 N–H and O–H groups in total. The van der Waals surface area contributed by atoms with Crippen molar-refractivity contribution < 1.29 is 4.42 Å². The third-order valence-electron chi connectivity index (χ3n) is 2.41. The minimum absolute atomic E-state index is 0.273. The molecule has 1 heterocycles. The van der Waals surface area contributed by atoms with Crippen molar-refractivity contribution in [3.63, 3.8) is 0 Å². The van der Waals surface area contributed by atoms with Crippen LogP contribution in [0.3, 0.4) is 0 Å². The van der Waals surface area contributed by atoms with Gasteiger partial charge in [0.1, 0.15) is 5.38 Å². The molecule has 0 aliphatic heterocycles. The van der Waals surface area contributed by atoms with Crippen molar-refractivity contribution in [1.29, 1.82) is 0 Å². The van der Waals surface area contributed by atoms with Gasteiger partial charge in [-0.2, -0.15) is 0 Å². The summed E-state index contributed by atoms with van der Waals surface area (Å²) in [7, 11) is 1.90. The summed E-state index contributed by atoms with van der Waals surface area (Å²) in [6, 6.07) is 8.55. The highest BCUT2D eigenvalue weighted by atomic mass is 79.9. The molecule has 18 heavy (non-hydrogen) atoms. The van der Waals surface area contributed by atoms with Crippen molar-refractivity contribution in [2.45, 2.75) is 18.8 Å². The van der Waals surface area contributed by atoms with E-state index < -0.39 is 0 Å². The lowest BCUT2D eigenvalue weighted by Gasteiger charge is -2.13. The quantitative estimate of drug-likeness (QED) is 0.800.